The van der Waals surface area contributed by atoms with Gasteiger partial charge in [-0.2, -0.15) is 0 Å². The highest BCUT2D eigenvalue weighted by Gasteiger charge is 2.30. The Morgan fingerprint density at radius 2 is 2.23 bits per heavy atom. The van der Waals surface area contributed by atoms with Gasteiger partial charge in [-0.3, -0.25) is 9.59 Å². The van der Waals surface area contributed by atoms with E-state index < -0.39 is 15.9 Å². The van der Waals surface area contributed by atoms with Gasteiger partial charge in [0.2, 0.25) is 5.43 Å². The Balaban J connectivity index is 1.93. The van der Waals surface area contributed by atoms with Crippen LogP contribution in [0.3, 0.4) is 0 Å². The summed E-state index contributed by atoms with van der Waals surface area (Å²) in [6.07, 6.45) is 7.54. The lowest BCUT2D eigenvalue weighted by atomic mass is 10.1. The lowest BCUT2D eigenvalue weighted by molar-refractivity contribution is -0.112. The molecule has 0 aliphatic carbocycles. The Kier molecular flexibility index (Phi) is 3.41. The maximum atomic E-state index is 12.3. The minimum Gasteiger partial charge on any atom is -0.366 e. The van der Waals surface area contributed by atoms with Crippen LogP contribution < -0.4 is 10.7 Å². The van der Waals surface area contributed by atoms with Crippen molar-refractivity contribution in [2.45, 2.75) is 0 Å². The number of amidine groups is 1. The molecule has 9 heteroatoms. The zero-order chi connectivity index (χ0) is 15.7. The average molecular weight is 320 g/mol. The van der Waals surface area contributed by atoms with Crippen LogP contribution in [0.5, 0.6) is 0 Å². The first-order valence-electron chi connectivity index (χ1n) is 6.43. The van der Waals surface area contributed by atoms with Gasteiger partial charge in [0.25, 0.3) is 15.9 Å². The quantitative estimate of drug-likeness (QED) is 0.784. The van der Waals surface area contributed by atoms with Crippen LogP contribution in [0.4, 0.5) is 5.69 Å². The van der Waals surface area contributed by atoms with Crippen molar-refractivity contribution in [2.75, 3.05) is 17.6 Å². The topological polar surface area (TPSA) is 112 Å². The zero-order valence-electron chi connectivity index (χ0n) is 11.3. The Morgan fingerprint density at radius 1 is 1.41 bits per heavy atom. The molecule has 2 aliphatic heterocycles. The number of rotatable bonds is 2. The summed E-state index contributed by atoms with van der Waals surface area (Å²) in [6, 6.07) is 1.28. The molecule has 2 N–H and O–H groups in total. The van der Waals surface area contributed by atoms with Gasteiger partial charge in [-0.25, -0.2) is 8.42 Å². The van der Waals surface area contributed by atoms with E-state index in [0.717, 1.165) is 0 Å². The Labute approximate surface area is 125 Å². The second-order valence-corrected chi connectivity index (χ2v) is 6.45. The maximum Gasteiger partial charge on any atom is 0.259 e. The summed E-state index contributed by atoms with van der Waals surface area (Å²) in [5.41, 5.74) is -0.183. The third-order valence-corrected chi connectivity index (χ3v) is 4.32. The van der Waals surface area contributed by atoms with Crippen LogP contribution in [-0.4, -0.2) is 42.3 Å². The van der Waals surface area contributed by atoms with Gasteiger partial charge in [0.15, 0.2) is 5.84 Å². The van der Waals surface area contributed by atoms with Crippen LogP contribution in [-0.2, 0) is 14.8 Å². The SMILES string of the molecule is O=C(Nc1c[nH]ccc1=O)C1=CC=CN2CCS(=O)(=O)N=C12. The van der Waals surface area contributed by atoms with Crippen molar-refractivity contribution in [3.63, 3.8) is 0 Å². The van der Waals surface area contributed by atoms with Gasteiger partial charge in [0.1, 0.15) is 5.69 Å². The van der Waals surface area contributed by atoms with Gasteiger partial charge in [-0.05, 0) is 12.2 Å². The number of pyridine rings is 1. The van der Waals surface area contributed by atoms with E-state index in [1.54, 1.807) is 17.2 Å². The molecular weight excluding hydrogens is 308 g/mol. The lowest BCUT2D eigenvalue weighted by Gasteiger charge is -2.28. The minimum atomic E-state index is -3.58. The third-order valence-electron chi connectivity index (χ3n) is 3.17. The molecule has 1 aromatic heterocycles. The zero-order valence-corrected chi connectivity index (χ0v) is 12.1. The molecule has 22 heavy (non-hydrogen) atoms. The van der Waals surface area contributed by atoms with Crippen LogP contribution >= 0.6 is 0 Å². The number of H-pyrrole nitrogens is 1. The summed E-state index contributed by atoms with van der Waals surface area (Å²) in [7, 11) is -3.58. The number of anilines is 1. The van der Waals surface area contributed by atoms with E-state index in [4.69, 9.17) is 0 Å². The molecule has 0 fully saturated rings. The van der Waals surface area contributed by atoms with Gasteiger partial charge in [-0.15, -0.1) is 4.40 Å². The predicted molar refractivity (Wildman–Crippen MR) is 80.8 cm³/mol. The number of nitrogens with zero attached hydrogens (tertiary/aromatic N) is 2. The second kappa shape index (κ2) is 5.26. The standard InChI is InChI=1S/C13H12N4O4S/c18-11-3-4-14-8-10(11)15-13(19)9-2-1-5-17-6-7-22(20,21)16-12(9)17/h1-5,8H,6-7H2,(H,14,18)(H,15,19). The fourth-order valence-corrected chi connectivity index (χ4v) is 3.08. The van der Waals surface area contributed by atoms with Crippen molar-refractivity contribution in [2.24, 2.45) is 4.40 Å². The molecular formula is C13H12N4O4S. The predicted octanol–water partition coefficient (Wildman–Crippen LogP) is -0.189. The van der Waals surface area contributed by atoms with Crippen LogP contribution in [0.1, 0.15) is 0 Å². The molecule has 1 aromatic rings. The van der Waals surface area contributed by atoms with Gasteiger partial charge in [-0.1, -0.05) is 0 Å². The largest absolute Gasteiger partial charge is 0.366 e. The van der Waals surface area contributed by atoms with Crippen molar-refractivity contribution in [1.82, 2.24) is 9.88 Å². The molecule has 114 valence electrons. The Bertz CT molecular complexity index is 879. The van der Waals surface area contributed by atoms with E-state index in [9.17, 15) is 18.0 Å². The van der Waals surface area contributed by atoms with E-state index in [-0.39, 0.29) is 34.8 Å². The molecule has 3 rings (SSSR count). The number of hydrogen-bond acceptors (Lipinski definition) is 5. The number of aromatic amines is 1. The molecule has 0 saturated heterocycles. The molecule has 0 radical (unpaired) electrons. The first kappa shape index (κ1) is 14.3. The maximum absolute atomic E-state index is 12.3. The summed E-state index contributed by atoms with van der Waals surface area (Å²) >= 11 is 0. The highest BCUT2D eigenvalue weighted by Crippen LogP contribution is 2.18. The molecule has 1 amide bonds. The summed E-state index contributed by atoms with van der Waals surface area (Å²) in [5, 5.41) is 2.45. The van der Waals surface area contributed by atoms with Crippen molar-refractivity contribution in [1.29, 1.82) is 0 Å². The summed E-state index contributed by atoms with van der Waals surface area (Å²) in [6.45, 7) is 0.230. The van der Waals surface area contributed by atoms with E-state index in [1.807, 2.05) is 0 Å². The van der Waals surface area contributed by atoms with Gasteiger partial charge >= 0.3 is 0 Å². The molecule has 0 atom stereocenters. The first-order valence-corrected chi connectivity index (χ1v) is 8.04. The average Bonchev–Trinajstić information content (AvgIpc) is 2.48. The fourth-order valence-electron chi connectivity index (χ4n) is 2.10. The molecule has 2 aliphatic rings. The first-order chi connectivity index (χ1) is 10.5. The smallest absolute Gasteiger partial charge is 0.259 e. The van der Waals surface area contributed by atoms with E-state index in [1.165, 1.54) is 24.5 Å². The van der Waals surface area contributed by atoms with Crippen molar-refractivity contribution in [3.8, 4) is 0 Å². The number of sulfonamides is 1. The Hall–Kier alpha value is -2.68. The van der Waals surface area contributed by atoms with Crippen LogP contribution in [0.15, 0.2) is 51.6 Å². The van der Waals surface area contributed by atoms with Crippen LogP contribution in [0.25, 0.3) is 0 Å². The molecule has 0 saturated carbocycles. The summed E-state index contributed by atoms with van der Waals surface area (Å²) < 4.78 is 26.9. The highest BCUT2D eigenvalue weighted by molar-refractivity contribution is 7.90. The van der Waals surface area contributed by atoms with Crippen LogP contribution in [0, 0.1) is 0 Å². The number of hydrogen-bond donors (Lipinski definition) is 2. The fraction of sp³-hybridized carbons (Fsp3) is 0.154. The molecule has 0 bridgehead atoms. The molecule has 0 spiro atoms. The van der Waals surface area contributed by atoms with Gasteiger partial charge < -0.3 is 15.2 Å². The van der Waals surface area contributed by atoms with Crippen molar-refractivity contribution < 1.29 is 13.2 Å². The van der Waals surface area contributed by atoms with E-state index >= 15 is 0 Å². The van der Waals surface area contributed by atoms with Crippen LogP contribution in [0.2, 0.25) is 0 Å². The second-order valence-electron chi connectivity index (χ2n) is 4.69. The number of aromatic nitrogens is 1. The monoisotopic (exact) mass is 320 g/mol. The number of fused-ring (bicyclic) bond motifs is 1. The number of nitrogens with one attached hydrogen (secondary N) is 2. The minimum absolute atomic E-state index is 0.0682. The molecule has 8 nitrogen and oxygen atoms in total. The number of allylic oxidation sites excluding steroid dienone is 2. The van der Waals surface area contributed by atoms with E-state index in [2.05, 4.69) is 14.7 Å². The number of carbonyl (C=O) groups excluding carboxylic acids is 1. The Morgan fingerprint density at radius 3 is 3.00 bits per heavy atom. The third kappa shape index (κ3) is 2.70. The number of amides is 1. The lowest BCUT2D eigenvalue weighted by Crippen LogP contribution is -2.41. The summed E-state index contributed by atoms with van der Waals surface area (Å²) in [4.78, 5) is 28.2. The van der Waals surface area contributed by atoms with Crippen molar-refractivity contribution in [3.05, 3.63) is 52.6 Å². The van der Waals surface area contributed by atoms with Gasteiger partial charge in [0.05, 0.1) is 11.3 Å². The molecule has 3 heterocycles. The highest BCUT2D eigenvalue weighted by atomic mass is 32.2. The van der Waals surface area contributed by atoms with Gasteiger partial charge in [0, 0.05) is 31.2 Å². The normalized spacial score (nSPS) is 19.0. The number of carbonyl (C=O) groups is 1. The summed E-state index contributed by atoms with van der Waals surface area (Å²) in [5.74, 6) is -0.630. The molecule has 0 unspecified atom stereocenters. The van der Waals surface area contributed by atoms with E-state index in [0.29, 0.717) is 0 Å². The molecule has 0 aromatic carbocycles. The van der Waals surface area contributed by atoms with Crippen molar-refractivity contribution >= 4 is 27.5 Å².